The van der Waals surface area contributed by atoms with Crippen LogP contribution >= 0.6 is 0 Å². The molecule has 0 bridgehead atoms. The molecular formula is C15H16O2. The van der Waals surface area contributed by atoms with Gasteiger partial charge in [0.05, 0.1) is 0 Å². The third-order valence-electron chi connectivity index (χ3n) is 3.18. The topological polar surface area (TPSA) is 40.5 Å². The van der Waals surface area contributed by atoms with Gasteiger partial charge in [-0.1, -0.05) is 18.2 Å². The van der Waals surface area contributed by atoms with Crippen LogP contribution in [-0.4, -0.2) is 10.2 Å². The maximum atomic E-state index is 9.91. The van der Waals surface area contributed by atoms with E-state index in [2.05, 4.69) is 0 Å². The van der Waals surface area contributed by atoms with Gasteiger partial charge < -0.3 is 10.2 Å². The van der Waals surface area contributed by atoms with Crippen LogP contribution in [0.3, 0.4) is 0 Å². The van der Waals surface area contributed by atoms with Crippen molar-refractivity contribution >= 4 is 0 Å². The molecule has 0 fully saturated rings. The Kier molecular flexibility index (Phi) is 2.80. The molecule has 2 aromatic rings. The molecule has 0 unspecified atom stereocenters. The van der Waals surface area contributed by atoms with Crippen LogP contribution in [0.5, 0.6) is 11.5 Å². The Balaban J connectivity index is 2.69. The second-order valence-corrected chi connectivity index (χ2v) is 4.41. The van der Waals surface area contributed by atoms with Gasteiger partial charge >= 0.3 is 0 Å². The van der Waals surface area contributed by atoms with Crippen LogP contribution < -0.4 is 0 Å². The fourth-order valence-electron chi connectivity index (χ4n) is 2.01. The monoisotopic (exact) mass is 228 g/mol. The van der Waals surface area contributed by atoms with E-state index in [0.29, 0.717) is 0 Å². The van der Waals surface area contributed by atoms with Crippen molar-refractivity contribution in [2.24, 2.45) is 0 Å². The highest BCUT2D eigenvalue weighted by atomic mass is 16.3. The number of rotatable bonds is 1. The van der Waals surface area contributed by atoms with Crippen LogP contribution in [0.1, 0.15) is 16.7 Å². The lowest BCUT2D eigenvalue weighted by molar-refractivity contribution is 0.470. The fourth-order valence-corrected chi connectivity index (χ4v) is 2.01. The molecule has 0 aliphatic rings. The van der Waals surface area contributed by atoms with Gasteiger partial charge in [0.15, 0.2) is 0 Å². The van der Waals surface area contributed by atoms with Gasteiger partial charge in [-0.2, -0.15) is 0 Å². The number of phenolic OH excluding ortho intramolecular Hbond substituents is 2. The average Bonchev–Trinajstić information content (AvgIpc) is 2.25. The van der Waals surface area contributed by atoms with Crippen molar-refractivity contribution in [2.45, 2.75) is 20.8 Å². The summed E-state index contributed by atoms with van der Waals surface area (Å²) in [5.41, 5.74) is 4.52. The first-order valence-corrected chi connectivity index (χ1v) is 5.60. The molecule has 0 aliphatic heterocycles. The van der Waals surface area contributed by atoms with Crippen molar-refractivity contribution in [1.29, 1.82) is 0 Å². The lowest BCUT2D eigenvalue weighted by atomic mass is 9.96. The minimum absolute atomic E-state index is 0.243. The molecule has 88 valence electrons. The molecule has 0 saturated carbocycles. The van der Waals surface area contributed by atoms with Crippen LogP contribution in [0, 0.1) is 20.8 Å². The standard InChI is InChI=1S/C15H16O2/c1-9-5-4-6-13(16)15(9)12-7-10(2)11(3)14(17)8-12/h4-8,16-17H,1-3H3. The van der Waals surface area contributed by atoms with E-state index in [1.54, 1.807) is 12.1 Å². The van der Waals surface area contributed by atoms with Gasteiger partial charge in [-0.05, 0) is 55.2 Å². The van der Waals surface area contributed by atoms with E-state index >= 15 is 0 Å². The molecule has 2 nitrogen and oxygen atoms in total. The van der Waals surface area contributed by atoms with Crippen molar-refractivity contribution in [3.05, 3.63) is 47.0 Å². The molecule has 0 atom stereocenters. The molecule has 2 heteroatoms. The van der Waals surface area contributed by atoms with Gasteiger partial charge in [-0.25, -0.2) is 0 Å². The lowest BCUT2D eigenvalue weighted by Crippen LogP contribution is -1.88. The summed E-state index contributed by atoms with van der Waals surface area (Å²) >= 11 is 0. The van der Waals surface area contributed by atoms with E-state index < -0.39 is 0 Å². The first-order chi connectivity index (χ1) is 8.00. The highest BCUT2D eigenvalue weighted by Gasteiger charge is 2.10. The molecule has 0 aromatic heterocycles. The van der Waals surface area contributed by atoms with Gasteiger partial charge in [-0.15, -0.1) is 0 Å². The van der Waals surface area contributed by atoms with Crippen molar-refractivity contribution in [1.82, 2.24) is 0 Å². The lowest BCUT2D eigenvalue weighted by Gasteiger charge is -2.12. The Hall–Kier alpha value is -1.96. The summed E-state index contributed by atoms with van der Waals surface area (Å²) in [6, 6.07) is 9.10. The van der Waals surface area contributed by atoms with Crippen LogP contribution in [0.25, 0.3) is 11.1 Å². The highest BCUT2D eigenvalue weighted by Crippen LogP contribution is 2.35. The van der Waals surface area contributed by atoms with Gasteiger partial charge in [-0.3, -0.25) is 0 Å². The first-order valence-electron chi connectivity index (χ1n) is 5.60. The van der Waals surface area contributed by atoms with E-state index in [9.17, 15) is 10.2 Å². The van der Waals surface area contributed by atoms with Crippen molar-refractivity contribution in [3.63, 3.8) is 0 Å². The van der Waals surface area contributed by atoms with Crippen molar-refractivity contribution in [3.8, 4) is 22.6 Å². The Morgan fingerprint density at radius 3 is 2.12 bits per heavy atom. The minimum Gasteiger partial charge on any atom is -0.508 e. The largest absolute Gasteiger partial charge is 0.508 e. The molecule has 2 aromatic carbocycles. The molecule has 0 amide bonds. The van der Waals surface area contributed by atoms with Crippen LogP contribution in [0.2, 0.25) is 0 Å². The van der Waals surface area contributed by atoms with Crippen LogP contribution in [0.15, 0.2) is 30.3 Å². The van der Waals surface area contributed by atoms with Gasteiger partial charge in [0.1, 0.15) is 11.5 Å². The maximum absolute atomic E-state index is 9.91. The first kappa shape index (κ1) is 11.5. The summed E-state index contributed by atoms with van der Waals surface area (Å²) in [5.74, 6) is 0.510. The molecule has 2 N–H and O–H groups in total. The second-order valence-electron chi connectivity index (χ2n) is 4.41. The van der Waals surface area contributed by atoms with E-state index in [1.807, 2.05) is 39.0 Å². The SMILES string of the molecule is Cc1cc(-c2c(C)cccc2O)cc(O)c1C. The van der Waals surface area contributed by atoms with E-state index in [-0.39, 0.29) is 11.5 Å². The molecule has 17 heavy (non-hydrogen) atoms. The van der Waals surface area contributed by atoms with E-state index in [1.165, 1.54) is 0 Å². The zero-order valence-corrected chi connectivity index (χ0v) is 10.3. The average molecular weight is 228 g/mol. The Bertz CT molecular complexity index is 528. The molecule has 0 heterocycles. The smallest absolute Gasteiger partial charge is 0.123 e. The Labute approximate surface area is 101 Å². The molecule has 0 aliphatic carbocycles. The summed E-state index contributed by atoms with van der Waals surface area (Å²) in [5, 5.41) is 19.8. The third kappa shape index (κ3) is 1.98. The predicted octanol–water partition coefficient (Wildman–Crippen LogP) is 3.69. The summed E-state index contributed by atoms with van der Waals surface area (Å²) in [7, 11) is 0. The van der Waals surface area contributed by atoms with Crippen LogP contribution in [-0.2, 0) is 0 Å². The number of aryl methyl sites for hydroxylation is 2. The maximum Gasteiger partial charge on any atom is 0.123 e. The second kappa shape index (κ2) is 4.13. The molecule has 0 radical (unpaired) electrons. The molecular weight excluding hydrogens is 212 g/mol. The summed E-state index contributed by atoms with van der Waals surface area (Å²) in [6.45, 7) is 5.78. The third-order valence-corrected chi connectivity index (χ3v) is 3.18. The van der Waals surface area contributed by atoms with E-state index in [4.69, 9.17) is 0 Å². The van der Waals surface area contributed by atoms with Gasteiger partial charge in [0.25, 0.3) is 0 Å². The minimum atomic E-state index is 0.243. The summed E-state index contributed by atoms with van der Waals surface area (Å²) in [4.78, 5) is 0. The molecule has 2 rings (SSSR count). The number of hydrogen-bond acceptors (Lipinski definition) is 2. The summed E-state index contributed by atoms with van der Waals surface area (Å²) in [6.07, 6.45) is 0. The van der Waals surface area contributed by atoms with Gasteiger partial charge in [0, 0.05) is 5.56 Å². The van der Waals surface area contributed by atoms with Gasteiger partial charge in [0.2, 0.25) is 0 Å². The zero-order valence-electron chi connectivity index (χ0n) is 10.3. The Morgan fingerprint density at radius 2 is 1.53 bits per heavy atom. The molecule has 0 spiro atoms. The Morgan fingerprint density at radius 1 is 0.824 bits per heavy atom. The predicted molar refractivity (Wildman–Crippen MR) is 69.4 cm³/mol. The fraction of sp³-hybridized carbons (Fsp3) is 0.200. The highest BCUT2D eigenvalue weighted by molar-refractivity contribution is 5.75. The number of aromatic hydroxyl groups is 2. The number of hydrogen-bond donors (Lipinski definition) is 2. The zero-order chi connectivity index (χ0) is 12.6. The normalized spacial score (nSPS) is 10.5. The van der Waals surface area contributed by atoms with Crippen molar-refractivity contribution in [2.75, 3.05) is 0 Å². The summed E-state index contributed by atoms with van der Waals surface area (Å²) < 4.78 is 0. The van der Waals surface area contributed by atoms with Crippen molar-refractivity contribution < 1.29 is 10.2 Å². The molecule has 0 saturated heterocycles. The number of benzene rings is 2. The number of phenols is 2. The quantitative estimate of drug-likeness (QED) is 0.781. The van der Waals surface area contributed by atoms with E-state index in [0.717, 1.165) is 27.8 Å². The van der Waals surface area contributed by atoms with Crippen LogP contribution in [0.4, 0.5) is 0 Å².